The van der Waals surface area contributed by atoms with E-state index in [0.717, 1.165) is 6.42 Å². The van der Waals surface area contributed by atoms with Crippen molar-refractivity contribution in [1.29, 1.82) is 0 Å². The van der Waals surface area contributed by atoms with Crippen molar-refractivity contribution in [2.45, 2.75) is 26.0 Å². The molecule has 1 aliphatic rings. The Morgan fingerprint density at radius 3 is 2.70 bits per heavy atom. The van der Waals surface area contributed by atoms with Gasteiger partial charge in [0.2, 0.25) is 10.0 Å². The Morgan fingerprint density at radius 1 is 1.50 bits per heavy atom. The zero-order chi connectivity index (χ0) is 15.0. The first-order chi connectivity index (χ1) is 9.20. The van der Waals surface area contributed by atoms with E-state index in [2.05, 4.69) is 18.6 Å². The van der Waals surface area contributed by atoms with E-state index in [1.165, 1.54) is 0 Å². The van der Waals surface area contributed by atoms with Crippen molar-refractivity contribution < 1.29 is 8.42 Å². The van der Waals surface area contributed by atoms with Crippen molar-refractivity contribution in [3.8, 4) is 0 Å². The molecule has 0 aliphatic heterocycles. The molecule has 0 heterocycles. The Kier molecular flexibility index (Phi) is 4.18. The highest BCUT2D eigenvalue weighted by Crippen LogP contribution is 2.51. The summed E-state index contributed by atoms with van der Waals surface area (Å²) in [4.78, 5) is 0.275. The Bertz CT molecular complexity index is 624. The number of thiocarbonyl (C=S) groups is 1. The fourth-order valence-electron chi connectivity index (χ4n) is 2.24. The average Bonchev–Trinajstić information content (AvgIpc) is 2.94. The first-order valence-electron chi connectivity index (χ1n) is 6.56. The van der Waals surface area contributed by atoms with Crippen LogP contribution < -0.4 is 10.5 Å². The minimum absolute atomic E-state index is 0.0450. The van der Waals surface area contributed by atoms with Crippen LogP contribution in [0.2, 0.25) is 0 Å². The number of nitrogens with one attached hydrogen (secondary N) is 1. The minimum Gasteiger partial charge on any atom is -0.389 e. The van der Waals surface area contributed by atoms with Gasteiger partial charge in [0.05, 0.1) is 5.75 Å². The lowest BCUT2D eigenvalue weighted by molar-refractivity contribution is 0.537. The summed E-state index contributed by atoms with van der Waals surface area (Å²) >= 11 is 4.89. The number of sulfonamides is 1. The van der Waals surface area contributed by atoms with Crippen LogP contribution in [0.25, 0.3) is 0 Å². The molecule has 1 unspecified atom stereocenters. The maximum Gasteiger partial charge on any atom is 0.215 e. The predicted octanol–water partition coefficient (Wildman–Crippen LogP) is 1.79. The summed E-state index contributed by atoms with van der Waals surface area (Å²) in [6, 6.07) is 7.03. The van der Waals surface area contributed by atoms with Crippen LogP contribution in [-0.4, -0.2) is 20.0 Å². The highest BCUT2D eigenvalue weighted by molar-refractivity contribution is 7.88. The van der Waals surface area contributed by atoms with Gasteiger partial charge in [-0.2, -0.15) is 0 Å². The van der Waals surface area contributed by atoms with Gasteiger partial charge >= 0.3 is 0 Å². The first-order valence-corrected chi connectivity index (χ1v) is 8.62. The van der Waals surface area contributed by atoms with Crippen LogP contribution in [0, 0.1) is 11.3 Å². The predicted molar refractivity (Wildman–Crippen MR) is 84.8 cm³/mol. The Hall–Kier alpha value is -0.980. The van der Waals surface area contributed by atoms with Gasteiger partial charge in [0, 0.05) is 12.1 Å². The van der Waals surface area contributed by atoms with E-state index in [1.807, 2.05) is 0 Å². The second-order valence-corrected chi connectivity index (χ2v) is 8.31. The lowest BCUT2D eigenvalue weighted by atomic mass is 10.1. The minimum atomic E-state index is -3.32. The molecule has 20 heavy (non-hydrogen) atoms. The van der Waals surface area contributed by atoms with Crippen molar-refractivity contribution in [2.75, 3.05) is 6.54 Å². The smallest absolute Gasteiger partial charge is 0.215 e. The number of rotatable bonds is 6. The summed E-state index contributed by atoms with van der Waals surface area (Å²) in [5.74, 6) is 0.400. The molecule has 0 spiro atoms. The van der Waals surface area contributed by atoms with Crippen LogP contribution >= 0.6 is 12.2 Å². The molecule has 6 heteroatoms. The van der Waals surface area contributed by atoms with Gasteiger partial charge in [0.15, 0.2) is 0 Å². The van der Waals surface area contributed by atoms with E-state index in [1.54, 1.807) is 24.3 Å². The summed E-state index contributed by atoms with van der Waals surface area (Å²) in [5.41, 5.74) is 7.20. The SMILES string of the molecule is CC1(C)CC1CNS(=O)(=O)Cc1cccc(C(N)=S)c1. The zero-order valence-electron chi connectivity index (χ0n) is 11.7. The van der Waals surface area contributed by atoms with Gasteiger partial charge in [-0.05, 0) is 29.4 Å². The van der Waals surface area contributed by atoms with Crippen LogP contribution in [0.5, 0.6) is 0 Å². The van der Waals surface area contributed by atoms with Crippen molar-refractivity contribution >= 4 is 27.2 Å². The molecule has 1 aliphatic carbocycles. The van der Waals surface area contributed by atoms with Gasteiger partial charge in [0.1, 0.15) is 4.99 Å². The second-order valence-electron chi connectivity index (χ2n) is 6.06. The number of benzene rings is 1. The summed E-state index contributed by atoms with van der Waals surface area (Å²) in [5, 5.41) is 0. The Labute approximate surface area is 125 Å². The molecule has 1 aromatic carbocycles. The molecule has 0 aromatic heterocycles. The standard InChI is InChI=1S/C14H20N2O2S2/c1-14(2)7-12(14)8-16-20(17,18)9-10-4-3-5-11(6-10)13(15)19/h3-6,12,16H,7-9H2,1-2H3,(H2,15,19). The highest BCUT2D eigenvalue weighted by atomic mass is 32.2. The fraction of sp³-hybridized carbons (Fsp3) is 0.500. The molecule has 4 nitrogen and oxygen atoms in total. The van der Waals surface area contributed by atoms with Crippen LogP contribution in [0.3, 0.4) is 0 Å². The number of nitrogens with two attached hydrogens (primary N) is 1. The largest absolute Gasteiger partial charge is 0.389 e. The molecule has 1 atom stereocenters. The van der Waals surface area contributed by atoms with Crippen LogP contribution in [-0.2, 0) is 15.8 Å². The second kappa shape index (κ2) is 5.42. The van der Waals surface area contributed by atoms with Crippen molar-refractivity contribution in [1.82, 2.24) is 4.72 Å². The first kappa shape index (κ1) is 15.4. The van der Waals surface area contributed by atoms with E-state index >= 15 is 0 Å². The van der Waals surface area contributed by atoms with Gasteiger partial charge in [0.25, 0.3) is 0 Å². The van der Waals surface area contributed by atoms with Crippen LogP contribution in [0.15, 0.2) is 24.3 Å². The maximum atomic E-state index is 12.0. The van der Waals surface area contributed by atoms with E-state index in [9.17, 15) is 8.42 Å². The Balaban J connectivity index is 1.97. The molecule has 2 rings (SSSR count). The Morgan fingerprint density at radius 2 is 2.15 bits per heavy atom. The van der Waals surface area contributed by atoms with E-state index in [-0.39, 0.29) is 16.2 Å². The molecule has 1 fully saturated rings. The van der Waals surface area contributed by atoms with Crippen LogP contribution in [0.4, 0.5) is 0 Å². The average molecular weight is 312 g/mol. The summed E-state index contributed by atoms with van der Waals surface area (Å²) in [7, 11) is -3.32. The molecule has 0 saturated heterocycles. The van der Waals surface area contributed by atoms with Crippen molar-refractivity contribution in [3.63, 3.8) is 0 Å². The molecular formula is C14H20N2O2S2. The van der Waals surface area contributed by atoms with E-state index in [4.69, 9.17) is 18.0 Å². The molecular weight excluding hydrogens is 292 g/mol. The lowest BCUT2D eigenvalue weighted by Gasteiger charge is -2.09. The van der Waals surface area contributed by atoms with Gasteiger partial charge < -0.3 is 5.73 Å². The maximum absolute atomic E-state index is 12.0. The third-order valence-corrected chi connectivity index (χ3v) is 5.39. The molecule has 1 aromatic rings. The number of hydrogen-bond donors (Lipinski definition) is 2. The van der Waals surface area contributed by atoms with Gasteiger partial charge in [-0.1, -0.05) is 44.3 Å². The number of hydrogen-bond acceptors (Lipinski definition) is 3. The summed E-state index contributed by atoms with van der Waals surface area (Å²) in [6.07, 6.45) is 1.08. The monoisotopic (exact) mass is 312 g/mol. The zero-order valence-corrected chi connectivity index (χ0v) is 13.4. The van der Waals surface area contributed by atoms with Crippen molar-refractivity contribution in [3.05, 3.63) is 35.4 Å². The normalized spacial score (nSPS) is 20.6. The summed E-state index contributed by atoms with van der Waals surface area (Å²) in [6.45, 7) is 4.82. The molecule has 0 amide bonds. The fourth-order valence-corrected chi connectivity index (χ4v) is 3.54. The topological polar surface area (TPSA) is 72.2 Å². The third-order valence-electron chi connectivity index (χ3n) is 3.84. The van der Waals surface area contributed by atoms with E-state index in [0.29, 0.717) is 23.6 Å². The lowest BCUT2D eigenvalue weighted by Crippen LogP contribution is -2.28. The van der Waals surface area contributed by atoms with Gasteiger partial charge in [-0.15, -0.1) is 0 Å². The van der Waals surface area contributed by atoms with Crippen molar-refractivity contribution in [2.24, 2.45) is 17.1 Å². The molecule has 0 bridgehead atoms. The van der Waals surface area contributed by atoms with Gasteiger partial charge in [-0.25, -0.2) is 13.1 Å². The quantitative estimate of drug-likeness (QED) is 0.786. The highest BCUT2D eigenvalue weighted by Gasteiger charge is 2.45. The van der Waals surface area contributed by atoms with Crippen LogP contribution in [0.1, 0.15) is 31.4 Å². The third kappa shape index (κ3) is 4.01. The molecule has 0 radical (unpaired) electrons. The molecule has 3 N–H and O–H groups in total. The van der Waals surface area contributed by atoms with Gasteiger partial charge in [-0.3, -0.25) is 0 Å². The molecule has 110 valence electrons. The summed E-state index contributed by atoms with van der Waals surface area (Å²) < 4.78 is 26.8. The van der Waals surface area contributed by atoms with E-state index < -0.39 is 10.0 Å². The molecule has 1 saturated carbocycles.